The Morgan fingerprint density at radius 3 is 2.67 bits per heavy atom. The Morgan fingerprint density at radius 1 is 1.28 bits per heavy atom. The molecule has 0 radical (unpaired) electrons. The number of aliphatic hydroxyl groups is 1. The Morgan fingerprint density at radius 2 is 2.00 bits per heavy atom. The molecule has 96 valence electrons. The van der Waals surface area contributed by atoms with Crippen LogP contribution in [0.4, 0.5) is 5.69 Å². The molecule has 1 heterocycles. The van der Waals surface area contributed by atoms with Crippen LogP contribution in [0.15, 0.2) is 30.3 Å². The van der Waals surface area contributed by atoms with E-state index in [9.17, 15) is 9.59 Å². The van der Waals surface area contributed by atoms with Crippen LogP contribution in [0.3, 0.4) is 0 Å². The van der Waals surface area contributed by atoms with Crippen LogP contribution in [-0.2, 0) is 9.59 Å². The number of hydrogen-bond acceptors (Lipinski definition) is 4. The Balaban J connectivity index is 2.06. The predicted octanol–water partition coefficient (Wildman–Crippen LogP) is 0.290. The molecule has 0 bridgehead atoms. The molecule has 5 heteroatoms. The van der Waals surface area contributed by atoms with Crippen molar-refractivity contribution in [3.8, 4) is 0 Å². The molecule has 1 aliphatic rings. The molecule has 1 aromatic rings. The van der Waals surface area contributed by atoms with Crippen molar-refractivity contribution in [2.24, 2.45) is 0 Å². The van der Waals surface area contributed by atoms with Gasteiger partial charge in [0.15, 0.2) is 0 Å². The first-order valence-corrected chi connectivity index (χ1v) is 6.00. The highest BCUT2D eigenvalue weighted by atomic mass is 16.3. The molecule has 1 saturated heterocycles. The number of benzene rings is 1. The Kier molecular flexibility index (Phi) is 4.07. The predicted molar refractivity (Wildman–Crippen MR) is 67.0 cm³/mol. The van der Waals surface area contributed by atoms with Gasteiger partial charge >= 0.3 is 0 Å². The van der Waals surface area contributed by atoms with E-state index in [0.717, 1.165) is 0 Å². The first kappa shape index (κ1) is 12.7. The third kappa shape index (κ3) is 2.57. The standard InChI is InChI=1S/C13H16N2O3/c16-8-4-7-14-11-9-12(17)15(13(11)18)10-5-2-1-3-6-10/h1-3,5-6,11,14,16H,4,7-9H2/t11-/m1/s1. The number of para-hydroxylation sites is 1. The SMILES string of the molecule is O=C1C[C@@H](NCCCO)C(=O)N1c1ccccc1. The summed E-state index contributed by atoms with van der Waals surface area (Å²) in [4.78, 5) is 25.2. The van der Waals surface area contributed by atoms with Gasteiger partial charge in [-0.25, -0.2) is 4.90 Å². The number of imide groups is 1. The molecule has 0 aromatic heterocycles. The third-order valence-corrected chi connectivity index (χ3v) is 2.89. The van der Waals surface area contributed by atoms with Crippen LogP contribution in [0.2, 0.25) is 0 Å². The van der Waals surface area contributed by atoms with Crippen molar-refractivity contribution in [2.45, 2.75) is 18.9 Å². The Labute approximate surface area is 105 Å². The van der Waals surface area contributed by atoms with Crippen LogP contribution in [0.1, 0.15) is 12.8 Å². The van der Waals surface area contributed by atoms with E-state index in [1.807, 2.05) is 6.07 Å². The van der Waals surface area contributed by atoms with Crippen molar-refractivity contribution in [3.05, 3.63) is 30.3 Å². The summed E-state index contributed by atoms with van der Waals surface area (Å²) < 4.78 is 0. The summed E-state index contributed by atoms with van der Waals surface area (Å²) in [7, 11) is 0. The monoisotopic (exact) mass is 248 g/mol. The number of nitrogens with one attached hydrogen (secondary N) is 1. The van der Waals surface area contributed by atoms with Crippen LogP contribution in [0.25, 0.3) is 0 Å². The number of rotatable bonds is 5. The molecular weight excluding hydrogens is 232 g/mol. The lowest BCUT2D eigenvalue weighted by Crippen LogP contribution is -2.39. The number of carbonyl (C=O) groups excluding carboxylic acids is 2. The van der Waals surface area contributed by atoms with Crippen molar-refractivity contribution >= 4 is 17.5 Å². The van der Waals surface area contributed by atoms with E-state index in [4.69, 9.17) is 5.11 Å². The molecule has 1 fully saturated rings. The van der Waals surface area contributed by atoms with Crippen LogP contribution >= 0.6 is 0 Å². The number of carbonyl (C=O) groups is 2. The molecule has 2 rings (SSSR count). The topological polar surface area (TPSA) is 69.6 Å². The van der Waals surface area contributed by atoms with E-state index < -0.39 is 6.04 Å². The van der Waals surface area contributed by atoms with Gasteiger partial charge in [0.05, 0.1) is 18.2 Å². The molecular formula is C13H16N2O3. The summed E-state index contributed by atoms with van der Waals surface area (Å²) in [5, 5.41) is 11.7. The number of amides is 2. The van der Waals surface area contributed by atoms with Crippen LogP contribution < -0.4 is 10.2 Å². The van der Waals surface area contributed by atoms with E-state index in [0.29, 0.717) is 18.7 Å². The van der Waals surface area contributed by atoms with Gasteiger partial charge in [-0.3, -0.25) is 9.59 Å². The lowest BCUT2D eigenvalue weighted by molar-refractivity contribution is -0.121. The highest BCUT2D eigenvalue weighted by Gasteiger charge is 2.38. The summed E-state index contributed by atoms with van der Waals surface area (Å²) in [5.74, 6) is -0.406. The van der Waals surface area contributed by atoms with Crippen molar-refractivity contribution < 1.29 is 14.7 Å². The zero-order chi connectivity index (χ0) is 13.0. The summed E-state index contributed by atoms with van der Waals surface area (Å²) in [6.07, 6.45) is 0.752. The zero-order valence-corrected chi connectivity index (χ0v) is 10.0. The quantitative estimate of drug-likeness (QED) is 0.580. The zero-order valence-electron chi connectivity index (χ0n) is 10.0. The van der Waals surface area contributed by atoms with Gasteiger partial charge in [-0.1, -0.05) is 18.2 Å². The Hall–Kier alpha value is -1.72. The lowest BCUT2D eigenvalue weighted by Gasteiger charge is -2.15. The van der Waals surface area contributed by atoms with E-state index in [1.54, 1.807) is 24.3 Å². The average Bonchev–Trinajstić information content (AvgIpc) is 2.66. The van der Waals surface area contributed by atoms with Crippen LogP contribution in [-0.4, -0.2) is 36.1 Å². The van der Waals surface area contributed by atoms with Crippen molar-refractivity contribution in [1.29, 1.82) is 0 Å². The van der Waals surface area contributed by atoms with E-state index in [1.165, 1.54) is 4.90 Å². The maximum absolute atomic E-state index is 12.1. The average molecular weight is 248 g/mol. The second kappa shape index (κ2) is 5.75. The van der Waals surface area contributed by atoms with Gasteiger partial charge in [-0.2, -0.15) is 0 Å². The second-order valence-electron chi connectivity index (χ2n) is 4.19. The van der Waals surface area contributed by atoms with Gasteiger partial charge in [0.2, 0.25) is 5.91 Å². The molecule has 1 aromatic carbocycles. The summed E-state index contributed by atoms with van der Waals surface area (Å²) in [5.41, 5.74) is 0.610. The molecule has 0 aliphatic carbocycles. The highest BCUT2D eigenvalue weighted by molar-refractivity contribution is 6.22. The number of hydrogen-bond donors (Lipinski definition) is 2. The molecule has 0 spiro atoms. The van der Waals surface area contributed by atoms with Crippen molar-refractivity contribution in [1.82, 2.24) is 5.32 Å². The first-order chi connectivity index (χ1) is 8.74. The van der Waals surface area contributed by atoms with E-state index in [2.05, 4.69) is 5.32 Å². The van der Waals surface area contributed by atoms with Crippen molar-refractivity contribution in [2.75, 3.05) is 18.1 Å². The minimum absolute atomic E-state index is 0.0737. The van der Waals surface area contributed by atoms with Crippen LogP contribution in [0, 0.1) is 0 Å². The maximum atomic E-state index is 12.1. The van der Waals surface area contributed by atoms with Gasteiger partial charge in [-0.15, -0.1) is 0 Å². The molecule has 1 atom stereocenters. The molecule has 2 amide bonds. The highest BCUT2D eigenvalue weighted by Crippen LogP contribution is 2.22. The molecule has 0 saturated carbocycles. The lowest BCUT2D eigenvalue weighted by atomic mass is 10.2. The number of anilines is 1. The molecule has 1 aliphatic heterocycles. The van der Waals surface area contributed by atoms with Gasteiger partial charge < -0.3 is 10.4 Å². The molecule has 5 nitrogen and oxygen atoms in total. The van der Waals surface area contributed by atoms with Gasteiger partial charge in [0, 0.05) is 6.61 Å². The smallest absolute Gasteiger partial charge is 0.251 e. The number of nitrogens with zero attached hydrogens (tertiary/aromatic N) is 1. The Bertz CT molecular complexity index is 433. The fourth-order valence-electron chi connectivity index (χ4n) is 2.00. The van der Waals surface area contributed by atoms with Gasteiger partial charge in [0.25, 0.3) is 5.91 Å². The summed E-state index contributed by atoms with van der Waals surface area (Å²) >= 11 is 0. The van der Waals surface area contributed by atoms with Gasteiger partial charge in [0.1, 0.15) is 0 Å². The molecule has 0 unspecified atom stereocenters. The maximum Gasteiger partial charge on any atom is 0.251 e. The minimum atomic E-state index is -0.468. The minimum Gasteiger partial charge on any atom is -0.396 e. The summed E-state index contributed by atoms with van der Waals surface area (Å²) in [6.45, 7) is 0.604. The first-order valence-electron chi connectivity index (χ1n) is 6.00. The second-order valence-corrected chi connectivity index (χ2v) is 4.19. The van der Waals surface area contributed by atoms with E-state index >= 15 is 0 Å². The summed E-state index contributed by atoms with van der Waals surface area (Å²) in [6, 6.07) is 8.44. The largest absolute Gasteiger partial charge is 0.396 e. The number of aliphatic hydroxyl groups excluding tert-OH is 1. The molecule has 2 N–H and O–H groups in total. The fraction of sp³-hybridized carbons (Fsp3) is 0.385. The van der Waals surface area contributed by atoms with Crippen molar-refractivity contribution in [3.63, 3.8) is 0 Å². The van der Waals surface area contributed by atoms with Gasteiger partial charge in [-0.05, 0) is 25.1 Å². The third-order valence-electron chi connectivity index (χ3n) is 2.89. The van der Waals surface area contributed by atoms with E-state index in [-0.39, 0.29) is 24.8 Å². The molecule has 18 heavy (non-hydrogen) atoms. The fourth-order valence-corrected chi connectivity index (χ4v) is 2.00. The normalized spacial score (nSPS) is 19.6. The van der Waals surface area contributed by atoms with Crippen LogP contribution in [0.5, 0.6) is 0 Å².